The van der Waals surface area contributed by atoms with Crippen LogP contribution in [-0.4, -0.2) is 32.8 Å². The van der Waals surface area contributed by atoms with E-state index in [1.54, 1.807) is 19.1 Å². The van der Waals surface area contributed by atoms with Crippen molar-refractivity contribution in [2.24, 2.45) is 0 Å². The molecule has 2 rings (SSSR count). The largest absolute Gasteiger partial charge is 0.378 e. The summed E-state index contributed by atoms with van der Waals surface area (Å²) in [5.41, 5.74) is 0.613. The molecule has 1 N–H and O–H groups in total. The smallest absolute Gasteiger partial charge is 0.224 e. The third-order valence-corrected chi connectivity index (χ3v) is 5.35. The third kappa shape index (κ3) is 4.54. The van der Waals surface area contributed by atoms with Crippen LogP contribution in [0, 0.1) is 0 Å². The molecule has 1 aromatic rings. The normalized spacial score (nSPS) is 18.6. The molecule has 116 valence electrons. The minimum absolute atomic E-state index is 0.0695. The van der Waals surface area contributed by atoms with Crippen molar-refractivity contribution in [3.05, 3.63) is 24.3 Å². The van der Waals surface area contributed by atoms with Crippen LogP contribution in [0.15, 0.2) is 29.2 Å². The second-order valence-corrected chi connectivity index (χ2v) is 7.43. The summed E-state index contributed by atoms with van der Waals surface area (Å²) in [6.07, 6.45) is 3.44. The van der Waals surface area contributed by atoms with Crippen molar-refractivity contribution in [3.8, 4) is 0 Å². The first-order valence-electron chi connectivity index (χ1n) is 7.25. The van der Waals surface area contributed by atoms with Crippen LogP contribution < -0.4 is 5.32 Å². The summed E-state index contributed by atoms with van der Waals surface area (Å²) in [6, 6.07) is 6.28. The molecule has 21 heavy (non-hydrogen) atoms. The zero-order valence-corrected chi connectivity index (χ0v) is 13.0. The Labute approximate surface area is 125 Å². The average Bonchev–Trinajstić information content (AvgIpc) is 2.99. The molecule has 1 unspecified atom stereocenters. The van der Waals surface area contributed by atoms with E-state index >= 15 is 0 Å². The van der Waals surface area contributed by atoms with E-state index in [2.05, 4.69) is 5.32 Å². The molecular weight excluding hydrogens is 290 g/mol. The first kappa shape index (κ1) is 16.0. The van der Waals surface area contributed by atoms with E-state index in [4.69, 9.17) is 4.74 Å². The second kappa shape index (κ2) is 7.04. The third-order valence-electron chi connectivity index (χ3n) is 3.59. The van der Waals surface area contributed by atoms with Gasteiger partial charge in [-0.1, -0.05) is 6.92 Å². The average molecular weight is 311 g/mol. The van der Waals surface area contributed by atoms with Crippen molar-refractivity contribution in [2.75, 3.05) is 17.7 Å². The lowest BCUT2D eigenvalue weighted by Crippen LogP contribution is -2.15. The molecule has 6 heteroatoms. The van der Waals surface area contributed by atoms with Crippen LogP contribution in [0.1, 0.15) is 32.6 Å². The van der Waals surface area contributed by atoms with Crippen LogP contribution in [0.5, 0.6) is 0 Å². The van der Waals surface area contributed by atoms with Gasteiger partial charge in [-0.15, -0.1) is 0 Å². The zero-order chi connectivity index (χ0) is 15.3. The lowest BCUT2D eigenvalue weighted by atomic mass is 10.1. The van der Waals surface area contributed by atoms with Gasteiger partial charge in [0.05, 0.1) is 16.8 Å². The molecular formula is C15H21NO4S. The van der Waals surface area contributed by atoms with Crippen molar-refractivity contribution >= 4 is 21.4 Å². The lowest BCUT2D eigenvalue weighted by molar-refractivity contribution is -0.116. The number of anilines is 1. The highest BCUT2D eigenvalue weighted by Gasteiger charge is 2.17. The highest BCUT2D eigenvalue weighted by atomic mass is 32.2. The van der Waals surface area contributed by atoms with E-state index < -0.39 is 9.84 Å². The van der Waals surface area contributed by atoms with Crippen molar-refractivity contribution in [3.63, 3.8) is 0 Å². The second-order valence-electron chi connectivity index (χ2n) is 5.15. The molecule has 1 aliphatic heterocycles. The van der Waals surface area contributed by atoms with Crippen LogP contribution in [0.2, 0.25) is 0 Å². The number of hydrogen-bond donors (Lipinski definition) is 1. The van der Waals surface area contributed by atoms with Crippen molar-refractivity contribution < 1.29 is 17.9 Å². The zero-order valence-electron chi connectivity index (χ0n) is 12.2. The fraction of sp³-hybridized carbons (Fsp3) is 0.533. The maximum atomic E-state index is 11.8. The van der Waals surface area contributed by atoms with Gasteiger partial charge in [0.1, 0.15) is 0 Å². The molecule has 0 radical (unpaired) electrons. The molecule has 0 bridgehead atoms. The number of carbonyl (C=O) groups excluding carboxylic acids is 1. The quantitative estimate of drug-likeness (QED) is 0.875. The predicted molar refractivity (Wildman–Crippen MR) is 81.0 cm³/mol. The summed E-state index contributed by atoms with van der Waals surface area (Å²) in [5, 5.41) is 2.77. The number of nitrogens with one attached hydrogen (secondary N) is 1. The monoisotopic (exact) mass is 311 g/mol. The predicted octanol–water partition coefficient (Wildman–Crippen LogP) is 2.38. The number of benzene rings is 1. The van der Waals surface area contributed by atoms with Gasteiger partial charge < -0.3 is 10.1 Å². The molecule has 0 saturated carbocycles. The van der Waals surface area contributed by atoms with Crippen LogP contribution in [0.25, 0.3) is 0 Å². The Balaban J connectivity index is 1.86. The van der Waals surface area contributed by atoms with Gasteiger partial charge in [0, 0.05) is 18.7 Å². The first-order chi connectivity index (χ1) is 10.0. The van der Waals surface area contributed by atoms with E-state index in [0.717, 1.165) is 25.9 Å². The van der Waals surface area contributed by atoms with Gasteiger partial charge in [-0.3, -0.25) is 4.79 Å². The van der Waals surface area contributed by atoms with Gasteiger partial charge in [-0.25, -0.2) is 8.42 Å². The Bertz CT molecular complexity index is 574. The summed E-state index contributed by atoms with van der Waals surface area (Å²) < 4.78 is 28.8. The van der Waals surface area contributed by atoms with Gasteiger partial charge in [0.15, 0.2) is 9.84 Å². The number of rotatable bonds is 6. The number of ether oxygens (including phenoxy) is 1. The molecule has 1 saturated heterocycles. The Kier molecular flexibility index (Phi) is 5.36. The number of sulfone groups is 1. The van der Waals surface area contributed by atoms with Crippen LogP contribution in [0.4, 0.5) is 5.69 Å². The highest BCUT2D eigenvalue weighted by molar-refractivity contribution is 7.91. The van der Waals surface area contributed by atoms with E-state index in [-0.39, 0.29) is 22.7 Å². The summed E-state index contributed by atoms with van der Waals surface area (Å²) >= 11 is 0. The fourth-order valence-electron chi connectivity index (χ4n) is 2.30. The highest BCUT2D eigenvalue weighted by Crippen LogP contribution is 2.18. The standard InChI is InChI=1S/C15H21NO4S/c1-2-21(18,19)14-8-5-12(6-9-14)16-15(17)10-7-13-4-3-11-20-13/h5-6,8-9,13H,2-4,7,10-11H2,1H3,(H,16,17). The molecule has 1 atom stereocenters. The first-order valence-corrected chi connectivity index (χ1v) is 8.91. The molecule has 0 aromatic heterocycles. The lowest BCUT2D eigenvalue weighted by Gasteiger charge is -2.10. The topological polar surface area (TPSA) is 72.5 Å². The van der Waals surface area contributed by atoms with Crippen LogP contribution >= 0.6 is 0 Å². The van der Waals surface area contributed by atoms with Gasteiger partial charge in [0.2, 0.25) is 5.91 Å². The number of amides is 1. The minimum atomic E-state index is -3.19. The Morgan fingerprint density at radius 1 is 1.33 bits per heavy atom. The number of carbonyl (C=O) groups is 1. The molecule has 1 heterocycles. The Hall–Kier alpha value is -1.40. The van der Waals surface area contributed by atoms with Crippen molar-refractivity contribution in [1.29, 1.82) is 0 Å². The van der Waals surface area contributed by atoms with Gasteiger partial charge in [-0.05, 0) is 43.5 Å². The molecule has 1 aliphatic rings. The minimum Gasteiger partial charge on any atom is -0.378 e. The summed E-state index contributed by atoms with van der Waals surface area (Å²) in [7, 11) is -3.19. The van der Waals surface area contributed by atoms with Crippen LogP contribution in [0.3, 0.4) is 0 Å². The van der Waals surface area contributed by atoms with E-state index in [0.29, 0.717) is 12.1 Å². The summed E-state index contributed by atoms with van der Waals surface area (Å²) in [4.78, 5) is 12.1. The van der Waals surface area contributed by atoms with E-state index in [1.807, 2.05) is 0 Å². The summed E-state index contributed by atoms with van der Waals surface area (Å²) in [6.45, 7) is 2.40. The maximum Gasteiger partial charge on any atom is 0.224 e. The van der Waals surface area contributed by atoms with E-state index in [9.17, 15) is 13.2 Å². The van der Waals surface area contributed by atoms with Gasteiger partial charge in [-0.2, -0.15) is 0 Å². The number of hydrogen-bond acceptors (Lipinski definition) is 4. The molecule has 1 aromatic carbocycles. The van der Waals surface area contributed by atoms with Crippen molar-refractivity contribution in [2.45, 2.75) is 43.6 Å². The summed E-state index contributed by atoms with van der Waals surface area (Å²) in [5.74, 6) is -0.00306. The van der Waals surface area contributed by atoms with E-state index in [1.165, 1.54) is 12.1 Å². The van der Waals surface area contributed by atoms with Gasteiger partial charge >= 0.3 is 0 Å². The Morgan fingerprint density at radius 2 is 2.05 bits per heavy atom. The van der Waals surface area contributed by atoms with Gasteiger partial charge in [0.25, 0.3) is 0 Å². The Morgan fingerprint density at radius 3 is 2.62 bits per heavy atom. The molecule has 1 fully saturated rings. The molecule has 0 spiro atoms. The molecule has 0 aliphatic carbocycles. The molecule has 1 amide bonds. The molecule has 5 nitrogen and oxygen atoms in total. The van der Waals surface area contributed by atoms with Crippen LogP contribution in [-0.2, 0) is 19.4 Å². The fourth-order valence-corrected chi connectivity index (χ4v) is 3.18. The SMILES string of the molecule is CCS(=O)(=O)c1ccc(NC(=O)CCC2CCCO2)cc1. The van der Waals surface area contributed by atoms with Crippen molar-refractivity contribution in [1.82, 2.24) is 0 Å². The maximum absolute atomic E-state index is 11.8.